The number of carbonyl (C=O) groups excluding carboxylic acids is 1. The molecular weight excluding hydrogens is 446 g/mol. The molecule has 0 radical (unpaired) electrons. The van der Waals surface area contributed by atoms with Crippen LogP contribution in [0.3, 0.4) is 0 Å². The van der Waals surface area contributed by atoms with Gasteiger partial charge < -0.3 is 0 Å². The molecule has 0 bridgehead atoms. The molecule has 1 fully saturated rings. The lowest BCUT2D eigenvalue weighted by atomic mass is 9.99. The second-order valence-corrected chi connectivity index (χ2v) is 10.6. The first-order valence-corrected chi connectivity index (χ1v) is 12.5. The fraction of sp³-hybridized carbons (Fsp3) is 0.259. The number of pyridine rings is 1. The van der Waals surface area contributed by atoms with E-state index in [9.17, 15) is 13.2 Å². The largest absolute Gasteiger partial charge is 0.299 e. The van der Waals surface area contributed by atoms with Crippen LogP contribution < -0.4 is 0 Å². The van der Waals surface area contributed by atoms with Crippen molar-refractivity contribution in [2.75, 3.05) is 0 Å². The molecule has 2 heterocycles. The van der Waals surface area contributed by atoms with Crippen LogP contribution >= 0.6 is 0 Å². The van der Waals surface area contributed by atoms with Crippen molar-refractivity contribution < 1.29 is 13.2 Å². The number of benzene rings is 2. The molecule has 2 aromatic heterocycles. The van der Waals surface area contributed by atoms with Crippen LogP contribution in [0.2, 0.25) is 0 Å². The summed E-state index contributed by atoms with van der Waals surface area (Å²) in [6.45, 7) is 2.02. The van der Waals surface area contributed by atoms with Gasteiger partial charge in [-0.3, -0.25) is 9.78 Å². The Bertz CT molecular complexity index is 1440. The van der Waals surface area contributed by atoms with E-state index < -0.39 is 9.84 Å². The van der Waals surface area contributed by atoms with E-state index >= 15 is 0 Å². The van der Waals surface area contributed by atoms with Crippen molar-refractivity contribution in [1.82, 2.24) is 15.2 Å². The molecule has 1 saturated carbocycles. The Labute approximate surface area is 200 Å². The number of hydrogen-bond acceptors (Lipinski definition) is 6. The quantitative estimate of drug-likeness (QED) is 0.381. The van der Waals surface area contributed by atoms with Crippen molar-refractivity contribution in [3.8, 4) is 0 Å². The molecule has 5 rings (SSSR count). The topological polar surface area (TPSA) is 89.9 Å². The summed E-state index contributed by atoms with van der Waals surface area (Å²) in [5, 5.41) is 9.79. The number of aryl methyl sites for hydroxylation is 1. The molecule has 0 N–H and O–H groups in total. The summed E-state index contributed by atoms with van der Waals surface area (Å²) in [6.07, 6.45) is 6.39. The number of fused-ring (bicyclic) bond motifs is 1. The van der Waals surface area contributed by atoms with Crippen LogP contribution in [0, 0.1) is 12.8 Å². The predicted octanol–water partition coefficient (Wildman–Crippen LogP) is 4.86. The number of carbonyl (C=O) groups is 1. The molecule has 0 aliphatic heterocycles. The third-order valence-corrected chi connectivity index (χ3v) is 7.91. The van der Waals surface area contributed by atoms with Crippen molar-refractivity contribution in [3.63, 3.8) is 0 Å². The fourth-order valence-corrected chi connectivity index (χ4v) is 5.59. The normalized spacial score (nSPS) is 17.2. The van der Waals surface area contributed by atoms with Crippen molar-refractivity contribution in [3.05, 3.63) is 95.6 Å². The van der Waals surface area contributed by atoms with Gasteiger partial charge in [0.1, 0.15) is 5.78 Å². The van der Waals surface area contributed by atoms with Crippen LogP contribution in [-0.4, -0.2) is 29.4 Å². The number of hydrogen-bond donors (Lipinski definition) is 0. The van der Waals surface area contributed by atoms with E-state index in [-0.39, 0.29) is 35.7 Å². The van der Waals surface area contributed by atoms with Gasteiger partial charge in [-0.25, -0.2) is 8.42 Å². The Balaban J connectivity index is 0.00000274. The number of rotatable bonds is 7. The van der Waals surface area contributed by atoms with Gasteiger partial charge in [-0.2, -0.15) is 10.2 Å². The van der Waals surface area contributed by atoms with E-state index in [2.05, 4.69) is 21.2 Å². The zero-order chi connectivity index (χ0) is 23.0. The minimum absolute atomic E-state index is 0. The first-order chi connectivity index (χ1) is 15.9. The van der Waals surface area contributed by atoms with Crippen LogP contribution in [-0.2, 0) is 26.8 Å². The smallest absolute Gasteiger partial charge is 0.184 e. The highest BCUT2D eigenvalue weighted by Crippen LogP contribution is 2.48. The van der Waals surface area contributed by atoms with Gasteiger partial charge in [-0.1, -0.05) is 37.8 Å². The van der Waals surface area contributed by atoms with Gasteiger partial charge in [0.05, 0.1) is 16.3 Å². The Morgan fingerprint density at radius 2 is 1.85 bits per heavy atom. The second-order valence-electron chi connectivity index (χ2n) is 8.65. The average Bonchev–Trinajstić information content (AvgIpc) is 3.61. The monoisotopic (exact) mass is 473 g/mol. The predicted molar refractivity (Wildman–Crippen MR) is 132 cm³/mol. The van der Waals surface area contributed by atoms with Crippen LogP contribution in [0.1, 0.15) is 42.1 Å². The number of aromatic nitrogens is 3. The molecule has 2 atom stereocenters. The molecule has 7 heteroatoms. The standard InChI is InChI=1S/C26H23N3O3S.CH4/c1-17-14-27-15-20-5-4-18(11-23(17)20)12-26(30)25-13-24(25)19-6-8-22(9-7-19)33(31,32)16-21-3-2-10-28-29-21;/h2-11,14-15,24-25H,12-13,16H2,1H3;1H4/t24?,25-;/m1./s1. The molecule has 0 amide bonds. The van der Waals surface area contributed by atoms with Gasteiger partial charge in [-0.15, -0.1) is 0 Å². The fourth-order valence-electron chi connectivity index (χ4n) is 4.33. The maximum Gasteiger partial charge on any atom is 0.184 e. The van der Waals surface area contributed by atoms with Crippen LogP contribution in [0.4, 0.5) is 0 Å². The SMILES string of the molecule is C.Cc1cncc2ccc(CC(=O)[C@@H]3CC3c3ccc(S(=O)(=O)Cc4cccnn4)cc3)cc12. The summed E-state index contributed by atoms with van der Waals surface area (Å²) >= 11 is 0. The van der Waals surface area contributed by atoms with Crippen LogP contribution in [0.15, 0.2) is 78.1 Å². The number of ketones is 1. The first kappa shape index (κ1) is 23.7. The van der Waals surface area contributed by atoms with Crippen molar-refractivity contribution in [1.29, 1.82) is 0 Å². The highest BCUT2D eigenvalue weighted by molar-refractivity contribution is 7.90. The zero-order valence-electron chi connectivity index (χ0n) is 18.2. The zero-order valence-corrected chi connectivity index (χ0v) is 19.0. The lowest BCUT2D eigenvalue weighted by molar-refractivity contribution is -0.119. The van der Waals surface area contributed by atoms with Crippen molar-refractivity contribution >= 4 is 26.4 Å². The third kappa shape index (κ3) is 4.89. The summed E-state index contributed by atoms with van der Waals surface area (Å²) in [5.74, 6) is 0.179. The molecule has 1 aliphatic carbocycles. The van der Waals surface area contributed by atoms with E-state index in [1.807, 2.05) is 43.6 Å². The third-order valence-electron chi connectivity index (χ3n) is 6.24. The Morgan fingerprint density at radius 1 is 1.06 bits per heavy atom. The number of nitrogens with zero attached hydrogens (tertiary/aromatic N) is 3. The van der Waals surface area contributed by atoms with Crippen molar-refractivity contribution in [2.24, 2.45) is 5.92 Å². The van der Waals surface area contributed by atoms with Crippen LogP contribution in [0.5, 0.6) is 0 Å². The van der Waals surface area contributed by atoms with E-state index in [0.29, 0.717) is 12.1 Å². The molecule has 1 unspecified atom stereocenters. The van der Waals surface area contributed by atoms with Gasteiger partial charge in [0, 0.05) is 36.3 Å². The number of sulfone groups is 1. The average molecular weight is 474 g/mol. The van der Waals surface area contributed by atoms with Gasteiger partial charge in [0.2, 0.25) is 0 Å². The molecule has 4 aromatic rings. The molecule has 1 aliphatic rings. The minimum atomic E-state index is -3.50. The molecule has 0 spiro atoms. The summed E-state index contributed by atoms with van der Waals surface area (Å²) in [4.78, 5) is 17.4. The Hall–Kier alpha value is -3.45. The van der Waals surface area contributed by atoms with Gasteiger partial charge in [-0.05, 0) is 65.6 Å². The minimum Gasteiger partial charge on any atom is -0.299 e. The molecule has 174 valence electrons. The van der Waals surface area contributed by atoms with Gasteiger partial charge in [0.15, 0.2) is 9.84 Å². The van der Waals surface area contributed by atoms with Crippen LogP contribution in [0.25, 0.3) is 10.8 Å². The van der Waals surface area contributed by atoms with E-state index in [0.717, 1.165) is 33.9 Å². The summed E-state index contributed by atoms with van der Waals surface area (Å²) in [6, 6.07) is 16.3. The maximum atomic E-state index is 12.9. The summed E-state index contributed by atoms with van der Waals surface area (Å²) < 4.78 is 25.3. The highest BCUT2D eigenvalue weighted by Gasteiger charge is 2.43. The lowest BCUT2D eigenvalue weighted by Crippen LogP contribution is -2.08. The summed E-state index contributed by atoms with van der Waals surface area (Å²) in [7, 11) is -3.50. The van der Waals surface area contributed by atoms with E-state index in [1.165, 1.54) is 6.20 Å². The van der Waals surface area contributed by atoms with E-state index in [1.54, 1.807) is 24.3 Å². The maximum absolute atomic E-state index is 12.9. The molecule has 6 nitrogen and oxygen atoms in total. The van der Waals surface area contributed by atoms with E-state index in [4.69, 9.17) is 0 Å². The van der Waals surface area contributed by atoms with Gasteiger partial charge >= 0.3 is 0 Å². The highest BCUT2D eigenvalue weighted by atomic mass is 32.2. The second kappa shape index (κ2) is 9.43. The first-order valence-electron chi connectivity index (χ1n) is 10.9. The molecule has 34 heavy (non-hydrogen) atoms. The molecular formula is C27H27N3O3S. The summed E-state index contributed by atoms with van der Waals surface area (Å²) in [5.41, 5.74) is 3.53. The molecule has 0 saturated heterocycles. The lowest BCUT2D eigenvalue weighted by Gasteiger charge is -2.07. The van der Waals surface area contributed by atoms with Gasteiger partial charge in [0.25, 0.3) is 0 Å². The Kier molecular flexibility index (Phi) is 6.57. The molecule has 2 aromatic carbocycles. The Morgan fingerprint density at radius 3 is 2.59 bits per heavy atom. The number of Topliss-reactive ketones (excluding diaryl/α,β-unsaturated/α-hetero) is 1. The van der Waals surface area contributed by atoms with Crippen molar-refractivity contribution in [2.45, 2.75) is 43.8 Å².